The first-order valence-corrected chi connectivity index (χ1v) is 10.9. The lowest BCUT2D eigenvalue weighted by Crippen LogP contribution is -2.21. The Morgan fingerprint density at radius 1 is 1.25 bits per heavy atom. The summed E-state index contributed by atoms with van der Waals surface area (Å²) < 4.78 is 24.9. The largest absolute Gasteiger partial charge is 0.254 e. The van der Waals surface area contributed by atoms with Gasteiger partial charge in [-0.2, -0.15) is 5.10 Å². The van der Waals surface area contributed by atoms with E-state index in [1.807, 2.05) is 23.9 Å². The smallest absolute Gasteiger partial charge is 0.203 e. The SMILES string of the molecule is CC1CCCC(/N=c2\sc(-c3ccc(S(C)(=O)=O)cc3)nn2C)C1. The number of hydrogen-bond acceptors (Lipinski definition) is 5. The summed E-state index contributed by atoms with van der Waals surface area (Å²) in [5, 5.41) is 5.41. The second-order valence-electron chi connectivity index (χ2n) is 6.66. The van der Waals surface area contributed by atoms with Crippen molar-refractivity contribution in [3.05, 3.63) is 29.1 Å². The predicted molar refractivity (Wildman–Crippen MR) is 96.6 cm³/mol. The molecular formula is C17H23N3O2S2. The van der Waals surface area contributed by atoms with Gasteiger partial charge in [0, 0.05) is 18.9 Å². The van der Waals surface area contributed by atoms with Crippen LogP contribution in [-0.4, -0.2) is 30.5 Å². The highest BCUT2D eigenvalue weighted by Crippen LogP contribution is 2.26. The van der Waals surface area contributed by atoms with E-state index in [9.17, 15) is 8.42 Å². The lowest BCUT2D eigenvalue weighted by molar-refractivity contribution is 0.340. The Bertz CT molecular complexity index is 879. The van der Waals surface area contributed by atoms with Crippen molar-refractivity contribution in [2.24, 2.45) is 18.0 Å². The number of benzene rings is 1. The third-order valence-electron chi connectivity index (χ3n) is 4.44. The van der Waals surface area contributed by atoms with Crippen molar-refractivity contribution in [1.29, 1.82) is 0 Å². The summed E-state index contributed by atoms with van der Waals surface area (Å²) in [4.78, 5) is 6.15. The molecule has 3 rings (SSSR count). The molecule has 2 aromatic rings. The molecule has 1 aromatic carbocycles. The molecule has 1 aliphatic carbocycles. The molecule has 1 aliphatic rings. The van der Waals surface area contributed by atoms with E-state index in [2.05, 4.69) is 12.0 Å². The molecule has 0 radical (unpaired) electrons. The van der Waals surface area contributed by atoms with Crippen LogP contribution in [0, 0.1) is 5.92 Å². The zero-order valence-corrected chi connectivity index (χ0v) is 15.9. The van der Waals surface area contributed by atoms with Crippen molar-refractivity contribution in [3.8, 4) is 10.6 Å². The Balaban J connectivity index is 1.88. The molecule has 0 N–H and O–H groups in total. The zero-order chi connectivity index (χ0) is 17.3. The first-order valence-electron chi connectivity index (χ1n) is 8.21. The number of hydrogen-bond donors (Lipinski definition) is 0. The van der Waals surface area contributed by atoms with E-state index in [0.717, 1.165) is 34.1 Å². The molecule has 2 atom stereocenters. The third kappa shape index (κ3) is 3.95. The van der Waals surface area contributed by atoms with E-state index in [1.165, 1.54) is 19.1 Å². The van der Waals surface area contributed by atoms with Gasteiger partial charge >= 0.3 is 0 Å². The van der Waals surface area contributed by atoms with Gasteiger partial charge in [0.1, 0.15) is 5.01 Å². The van der Waals surface area contributed by atoms with Crippen LogP contribution in [0.5, 0.6) is 0 Å². The van der Waals surface area contributed by atoms with Gasteiger partial charge in [-0.1, -0.05) is 43.2 Å². The summed E-state index contributed by atoms with van der Waals surface area (Å²) >= 11 is 1.56. The molecule has 2 unspecified atom stereocenters. The lowest BCUT2D eigenvalue weighted by Gasteiger charge is -2.23. The molecule has 0 spiro atoms. The topological polar surface area (TPSA) is 64.3 Å². The van der Waals surface area contributed by atoms with E-state index < -0.39 is 9.84 Å². The van der Waals surface area contributed by atoms with Crippen LogP contribution in [0.4, 0.5) is 0 Å². The van der Waals surface area contributed by atoms with Crippen molar-refractivity contribution >= 4 is 21.2 Å². The minimum atomic E-state index is -3.17. The number of aryl methyl sites for hydroxylation is 1. The summed E-state index contributed by atoms with van der Waals surface area (Å²) in [5.41, 5.74) is 0.918. The lowest BCUT2D eigenvalue weighted by atomic mass is 9.87. The summed E-state index contributed by atoms with van der Waals surface area (Å²) in [6, 6.07) is 7.27. The van der Waals surface area contributed by atoms with Crippen LogP contribution in [-0.2, 0) is 16.9 Å². The predicted octanol–water partition coefficient (Wildman–Crippen LogP) is 3.03. The molecule has 0 saturated heterocycles. The molecule has 5 nitrogen and oxygen atoms in total. The summed E-state index contributed by atoms with van der Waals surface area (Å²) in [7, 11) is -1.26. The number of nitrogens with zero attached hydrogens (tertiary/aromatic N) is 3. The van der Waals surface area contributed by atoms with Gasteiger partial charge in [0.25, 0.3) is 0 Å². The average Bonchev–Trinajstić information content (AvgIpc) is 2.88. The highest BCUT2D eigenvalue weighted by molar-refractivity contribution is 7.90. The molecule has 1 fully saturated rings. The van der Waals surface area contributed by atoms with Gasteiger partial charge in [-0.25, -0.2) is 13.1 Å². The van der Waals surface area contributed by atoms with Gasteiger partial charge in [0.2, 0.25) is 4.80 Å². The first kappa shape index (κ1) is 17.4. The molecule has 1 heterocycles. The van der Waals surface area contributed by atoms with E-state index in [4.69, 9.17) is 4.99 Å². The molecule has 0 bridgehead atoms. The van der Waals surface area contributed by atoms with Crippen LogP contribution >= 0.6 is 11.3 Å². The summed E-state index contributed by atoms with van der Waals surface area (Å²) in [6.07, 6.45) is 6.07. The van der Waals surface area contributed by atoms with Gasteiger partial charge in [-0.3, -0.25) is 4.99 Å². The summed E-state index contributed by atoms with van der Waals surface area (Å²) in [5.74, 6) is 0.744. The number of rotatable bonds is 3. The molecule has 130 valence electrons. The van der Waals surface area contributed by atoms with Gasteiger partial charge in [-0.05, 0) is 30.9 Å². The highest BCUT2D eigenvalue weighted by Gasteiger charge is 2.18. The number of sulfone groups is 1. The fourth-order valence-corrected chi connectivity index (χ4v) is 4.69. The van der Waals surface area contributed by atoms with Crippen molar-refractivity contribution in [2.45, 2.75) is 43.5 Å². The third-order valence-corrected chi connectivity index (χ3v) is 6.63. The van der Waals surface area contributed by atoms with Crippen molar-refractivity contribution in [3.63, 3.8) is 0 Å². The Kier molecular flexibility index (Phi) is 4.92. The van der Waals surface area contributed by atoms with Gasteiger partial charge < -0.3 is 0 Å². The van der Waals surface area contributed by atoms with E-state index in [0.29, 0.717) is 10.9 Å². The van der Waals surface area contributed by atoms with Crippen LogP contribution in [0.25, 0.3) is 10.6 Å². The van der Waals surface area contributed by atoms with Crippen LogP contribution in [0.15, 0.2) is 34.2 Å². The Labute approximate surface area is 147 Å². The standard InChI is InChI=1S/C17H23N3O2S2/c1-12-5-4-6-14(11-12)18-17-20(2)19-16(23-17)13-7-9-15(10-8-13)24(3,21)22/h7-10,12,14H,4-6,11H2,1-3H3/b18-17-. The maximum Gasteiger partial charge on any atom is 0.203 e. The van der Waals surface area contributed by atoms with E-state index in [1.54, 1.807) is 23.5 Å². The zero-order valence-electron chi connectivity index (χ0n) is 14.3. The molecule has 1 aromatic heterocycles. The van der Waals surface area contributed by atoms with Crippen LogP contribution in [0.2, 0.25) is 0 Å². The monoisotopic (exact) mass is 365 g/mol. The van der Waals surface area contributed by atoms with Crippen LogP contribution < -0.4 is 4.80 Å². The molecule has 1 saturated carbocycles. The molecule has 0 aliphatic heterocycles. The van der Waals surface area contributed by atoms with Crippen molar-refractivity contribution in [2.75, 3.05) is 6.26 Å². The highest BCUT2D eigenvalue weighted by atomic mass is 32.2. The number of aromatic nitrogens is 2. The van der Waals surface area contributed by atoms with Gasteiger partial charge in [-0.15, -0.1) is 0 Å². The Morgan fingerprint density at radius 2 is 1.96 bits per heavy atom. The minimum Gasteiger partial charge on any atom is -0.254 e. The van der Waals surface area contributed by atoms with Crippen LogP contribution in [0.3, 0.4) is 0 Å². The molecule has 7 heteroatoms. The quantitative estimate of drug-likeness (QED) is 0.840. The normalized spacial score (nSPS) is 22.7. The second kappa shape index (κ2) is 6.80. The summed E-state index contributed by atoms with van der Waals surface area (Å²) in [6.45, 7) is 2.29. The fraction of sp³-hybridized carbons (Fsp3) is 0.529. The van der Waals surface area contributed by atoms with Crippen LogP contribution in [0.1, 0.15) is 32.6 Å². The fourth-order valence-electron chi connectivity index (χ4n) is 3.10. The molecule has 0 amide bonds. The van der Waals surface area contributed by atoms with Crippen molar-refractivity contribution in [1.82, 2.24) is 9.78 Å². The maximum absolute atomic E-state index is 11.6. The minimum absolute atomic E-state index is 0.327. The van der Waals surface area contributed by atoms with Gasteiger partial charge in [0.05, 0.1) is 10.9 Å². The maximum atomic E-state index is 11.6. The van der Waals surface area contributed by atoms with Crippen molar-refractivity contribution < 1.29 is 8.42 Å². The van der Waals surface area contributed by atoms with E-state index >= 15 is 0 Å². The van der Waals surface area contributed by atoms with Gasteiger partial charge in [0.15, 0.2) is 9.84 Å². The Hall–Kier alpha value is -1.47. The first-order chi connectivity index (χ1) is 11.3. The van der Waals surface area contributed by atoms with E-state index in [-0.39, 0.29) is 0 Å². The molecule has 24 heavy (non-hydrogen) atoms. The average molecular weight is 366 g/mol. The Morgan fingerprint density at radius 3 is 2.58 bits per heavy atom. The second-order valence-corrected chi connectivity index (χ2v) is 9.64. The molecular weight excluding hydrogens is 342 g/mol.